The van der Waals surface area contributed by atoms with Gasteiger partial charge in [-0.3, -0.25) is 19.2 Å². The van der Waals surface area contributed by atoms with Gasteiger partial charge in [0.25, 0.3) is 11.8 Å². The highest BCUT2D eigenvalue weighted by atomic mass is 35.5. The van der Waals surface area contributed by atoms with Crippen molar-refractivity contribution in [3.05, 3.63) is 105 Å². The molecule has 8 nitrogen and oxygen atoms in total. The van der Waals surface area contributed by atoms with Gasteiger partial charge in [0, 0.05) is 18.3 Å². The van der Waals surface area contributed by atoms with Gasteiger partial charge >= 0.3 is 6.18 Å². The molecule has 1 saturated heterocycles. The summed E-state index contributed by atoms with van der Waals surface area (Å²) in [5.41, 5.74) is 1.06. The van der Waals surface area contributed by atoms with Crippen molar-refractivity contribution in [2.75, 3.05) is 6.54 Å². The molecule has 0 aliphatic carbocycles. The van der Waals surface area contributed by atoms with Crippen molar-refractivity contribution >= 4 is 29.5 Å². The first-order valence-corrected chi connectivity index (χ1v) is 12.9. The minimum Gasteiger partial charge on any atom is -0.463 e. The predicted octanol–water partition coefficient (Wildman–Crippen LogP) is 5.99. The fourth-order valence-electron chi connectivity index (χ4n) is 4.97. The second kappa shape index (κ2) is 9.93. The second-order valence-electron chi connectivity index (χ2n) is 9.70. The number of rotatable bonds is 7. The molecule has 0 radical (unpaired) electrons. The zero-order valence-corrected chi connectivity index (χ0v) is 22.5. The molecule has 0 bridgehead atoms. The van der Waals surface area contributed by atoms with Crippen LogP contribution in [0.2, 0.25) is 5.02 Å². The summed E-state index contributed by atoms with van der Waals surface area (Å²) in [6.07, 6.45) is -3.07. The molecule has 2 atom stereocenters. The number of carbonyl (C=O) groups is 2. The van der Waals surface area contributed by atoms with E-state index in [0.717, 1.165) is 16.5 Å². The van der Waals surface area contributed by atoms with Crippen LogP contribution in [-0.4, -0.2) is 39.3 Å². The van der Waals surface area contributed by atoms with Gasteiger partial charge in [0.2, 0.25) is 0 Å². The number of imide groups is 1. The lowest BCUT2D eigenvalue weighted by Crippen LogP contribution is -2.35. The van der Waals surface area contributed by atoms with Crippen molar-refractivity contribution < 1.29 is 31.9 Å². The number of amides is 2. The van der Waals surface area contributed by atoms with Crippen molar-refractivity contribution in [1.82, 2.24) is 20.0 Å². The number of furan rings is 1. The number of benzene rings is 2. The van der Waals surface area contributed by atoms with E-state index >= 15 is 0 Å². The number of aromatic nitrogens is 2. The number of nitrogens with zero attached hydrogens (tertiary/aromatic N) is 3. The molecule has 210 valence electrons. The molecule has 2 aromatic heterocycles. The van der Waals surface area contributed by atoms with Gasteiger partial charge in [0.05, 0.1) is 40.1 Å². The smallest absolute Gasteiger partial charge is 0.416 e. The number of alkyl halides is 3. The highest BCUT2D eigenvalue weighted by Crippen LogP contribution is 2.42. The molecular formula is C29H22ClF3N4O4. The third kappa shape index (κ3) is 4.91. The zero-order chi connectivity index (χ0) is 29.1. The van der Waals surface area contributed by atoms with E-state index in [1.807, 2.05) is 0 Å². The minimum absolute atomic E-state index is 0.127. The van der Waals surface area contributed by atoms with Crippen LogP contribution in [0.3, 0.4) is 0 Å². The summed E-state index contributed by atoms with van der Waals surface area (Å²) in [6.45, 7) is 1.48. The fraction of sp³-hybridized carbons (Fsp3) is 0.207. The maximum Gasteiger partial charge on any atom is 0.416 e. The molecule has 2 amide bonds. The van der Waals surface area contributed by atoms with E-state index in [1.165, 1.54) is 42.6 Å². The fourth-order valence-corrected chi connectivity index (χ4v) is 5.24. The van der Waals surface area contributed by atoms with Gasteiger partial charge in [-0.15, -0.1) is 0 Å². The third-order valence-corrected chi connectivity index (χ3v) is 7.26. The Kier molecular flexibility index (Phi) is 6.50. The van der Waals surface area contributed by atoms with Gasteiger partial charge < -0.3 is 14.5 Å². The van der Waals surface area contributed by atoms with Gasteiger partial charge in [-0.25, -0.2) is 0 Å². The summed E-state index contributed by atoms with van der Waals surface area (Å²) in [6, 6.07) is 13.2. The Balaban J connectivity index is 1.30. The highest BCUT2D eigenvalue weighted by Gasteiger charge is 2.45. The molecule has 2 aliphatic rings. The highest BCUT2D eigenvalue weighted by molar-refractivity contribution is 6.33. The summed E-state index contributed by atoms with van der Waals surface area (Å²) >= 11 is 6.30. The van der Waals surface area contributed by atoms with Crippen molar-refractivity contribution in [2.45, 2.75) is 25.4 Å². The van der Waals surface area contributed by atoms with E-state index in [2.05, 4.69) is 10.4 Å². The van der Waals surface area contributed by atoms with Crippen LogP contribution in [0.1, 0.15) is 49.5 Å². The topological polar surface area (TPSA) is 92.9 Å². The zero-order valence-electron chi connectivity index (χ0n) is 21.7. The van der Waals surface area contributed by atoms with Crippen LogP contribution in [0.4, 0.5) is 13.2 Å². The van der Waals surface area contributed by atoms with E-state index < -0.39 is 35.9 Å². The van der Waals surface area contributed by atoms with Crippen LogP contribution in [0, 0.1) is 6.92 Å². The van der Waals surface area contributed by atoms with Crippen LogP contribution >= 0.6 is 11.6 Å². The molecule has 0 saturated carbocycles. The molecular weight excluding hydrogens is 561 g/mol. The van der Waals surface area contributed by atoms with E-state index in [1.54, 1.807) is 36.9 Å². The molecule has 1 fully saturated rings. The predicted molar refractivity (Wildman–Crippen MR) is 143 cm³/mol. The Morgan fingerprint density at radius 1 is 1.07 bits per heavy atom. The number of ether oxygens (including phenoxy) is 1. The maximum absolute atomic E-state index is 13.8. The van der Waals surface area contributed by atoms with E-state index in [0.29, 0.717) is 22.2 Å². The van der Waals surface area contributed by atoms with Gasteiger partial charge in [0.1, 0.15) is 11.5 Å². The van der Waals surface area contributed by atoms with Crippen LogP contribution in [0.15, 0.2) is 70.9 Å². The molecule has 41 heavy (non-hydrogen) atoms. The Morgan fingerprint density at radius 3 is 2.37 bits per heavy atom. The van der Waals surface area contributed by atoms with Crippen LogP contribution < -0.4 is 5.32 Å². The lowest BCUT2D eigenvalue weighted by molar-refractivity contribution is -0.137. The third-order valence-electron chi connectivity index (χ3n) is 6.99. The van der Waals surface area contributed by atoms with Crippen molar-refractivity contribution in [3.63, 3.8) is 0 Å². The molecule has 6 rings (SSSR count). The number of carbonyl (C=O) groups excluding carboxylic acids is 2. The summed E-state index contributed by atoms with van der Waals surface area (Å²) in [7, 11) is 1.75. The monoisotopic (exact) mass is 582 g/mol. The lowest BCUT2D eigenvalue weighted by atomic mass is 10.1. The number of hydrogen-bond acceptors (Lipinski definition) is 6. The maximum atomic E-state index is 13.8. The summed E-state index contributed by atoms with van der Waals surface area (Å²) < 4.78 is 54.6. The molecule has 4 aromatic rings. The van der Waals surface area contributed by atoms with Gasteiger partial charge in [-0.05, 0) is 42.8 Å². The normalized spacial score (nSPS) is 18.7. The number of nitrogens with one attached hydrogen (secondary N) is 1. The number of fused-ring (bicyclic) bond motifs is 1. The molecule has 2 aliphatic heterocycles. The Hall–Kier alpha value is -4.35. The first kappa shape index (κ1) is 26.9. The van der Waals surface area contributed by atoms with Crippen molar-refractivity contribution in [1.29, 1.82) is 0 Å². The molecule has 1 N–H and O–H groups in total. The summed E-state index contributed by atoms with van der Waals surface area (Å²) in [4.78, 5) is 27.0. The van der Waals surface area contributed by atoms with Gasteiger partial charge in [-0.1, -0.05) is 41.9 Å². The SMILES string of the molecule is Cc1oc(C2OC2N/C(=C/c2ccccc2C(F)(F)F)CN2C(=O)c3ccccc3C2=O)cc1-c1c(Cl)cnn1C. The Morgan fingerprint density at radius 2 is 1.73 bits per heavy atom. The van der Waals surface area contributed by atoms with Crippen molar-refractivity contribution in [2.24, 2.45) is 7.05 Å². The standard InChI is InChI=1S/C29H22ClF3N4O4/c1-15-20(24-22(30)13-34-36(24)2)12-23(40-15)25-26(41-25)35-17(11-16-7-3-6-10-21(16)29(31,32)33)14-37-27(38)18-8-4-5-9-19(18)28(37)39/h3-13,25-26,35H,14H2,1-2H3/b17-11+. The second-order valence-corrected chi connectivity index (χ2v) is 10.1. The lowest BCUT2D eigenvalue weighted by Gasteiger charge is -2.18. The van der Waals surface area contributed by atoms with Gasteiger partial charge in [-0.2, -0.15) is 18.3 Å². The van der Waals surface area contributed by atoms with Gasteiger partial charge in [0.15, 0.2) is 12.3 Å². The van der Waals surface area contributed by atoms with E-state index in [4.69, 9.17) is 20.8 Å². The number of epoxide rings is 1. The minimum atomic E-state index is -4.61. The first-order valence-electron chi connectivity index (χ1n) is 12.5. The number of aryl methyl sites for hydroxylation is 2. The molecule has 12 heteroatoms. The van der Waals surface area contributed by atoms with E-state index in [9.17, 15) is 22.8 Å². The number of hydrogen-bond donors (Lipinski definition) is 1. The first-order chi connectivity index (χ1) is 19.5. The Bertz CT molecular complexity index is 1670. The van der Waals surface area contributed by atoms with E-state index in [-0.39, 0.29) is 28.9 Å². The molecule has 0 spiro atoms. The molecule has 2 aromatic carbocycles. The largest absolute Gasteiger partial charge is 0.463 e. The van der Waals surface area contributed by atoms with Crippen molar-refractivity contribution in [3.8, 4) is 11.3 Å². The number of halogens is 4. The summed E-state index contributed by atoms with van der Waals surface area (Å²) in [5, 5.41) is 7.67. The molecule has 4 heterocycles. The summed E-state index contributed by atoms with van der Waals surface area (Å²) in [5.74, 6) is -0.00580. The quantitative estimate of drug-likeness (QED) is 0.213. The van der Waals surface area contributed by atoms with Crippen LogP contribution in [0.25, 0.3) is 17.3 Å². The Labute approximate surface area is 236 Å². The van der Waals surface area contributed by atoms with Crippen LogP contribution in [0.5, 0.6) is 0 Å². The average molecular weight is 583 g/mol. The average Bonchev–Trinajstić information content (AvgIpc) is 3.39. The van der Waals surface area contributed by atoms with Crippen LogP contribution in [-0.2, 0) is 18.0 Å². The molecule has 2 unspecified atom stereocenters.